The second kappa shape index (κ2) is 5.97. The van der Waals surface area contributed by atoms with Crippen LogP contribution < -0.4 is 16.8 Å². The monoisotopic (exact) mass is 339 g/mol. The molecule has 0 saturated heterocycles. The Hall–Kier alpha value is -2.87. The second-order valence-corrected chi connectivity index (χ2v) is 6.32. The molecule has 0 radical (unpaired) electrons. The van der Waals surface area contributed by atoms with E-state index in [0.29, 0.717) is 23.9 Å². The van der Waals surface area contributed by atoms with Gasteiger partial charge < -0.3 is 16.8 Å². The molecule has 0 saturated carbocycles. The standard InChI is InChI=1S/C16H17N7S/c17-15(14-16(18)23(9-20-14)10-5-6-24-8-10)19-7-13-21-11-3-1-2-4-12(11)22-13/h1-6,8-9,11-12H,7,18H2,(H2,17,19)(H,21,22). The number of fused-ring (bicyclic) bond motifs is 1. The minimum atomic E-state index is 0.143. The highest BCUT2D eigenvalue weighted by Gasteiger charge is 2.25. The van der Waals surface area contributed by atoms with Crippen LogP contribution in [0.2, 0.25) is 0 Å². The number of rotatable bonds is 4. The van der Waals surface area contributed by atoms with E-state index in [2.05, 4.69) is 32.4 Å². The Morgan fingerprint density at radius 2 is 2.25 bits per heavy atom. The molecule has 1 aliphatic carbocycles. The lowest BCUT2D eigenvalue weighted by Crippen LogP contribution is -2.34. The van der Waals surface area contributed by atoms with E-state index in [1.165, 1.54) is 0 Å². The van der Waals surface area contributed by atoms with Gasteiger partial charge in [0.05, 0.1) is 24.3 Å². The lowest BCUT2D eigenvalue weighted by Gasteiger charge is -2.13. The van der Waals surface area contributed by atoms with Crippen molar-refractivity contribution in [2.24, 2.45) is 15.7 Å². The molecule has 2 unspecified atom stereocenters. The van der Waals surface area contributed by atoms with E-state index in [1.54, 1.807) is 22.2 Å². The summed E-state index contributed by atoms with van der Waals surface area (Å²) in [7, 11) is 0. The van der Waals surface area contributed by atoms with Gasteiger partial charge >= 0.3 is 0 Å². The van der Waals surface area contributed by atoms with Gasteiger partial charge in [-0.15, -0.1) is 0 Å². The summed E-state index contributed by atoms with van der Waals surface area (Å²) in [5.41, 5.74) is 13.7. The minimum Gasteiger partial charge on any atom is -0.383 e. The van der Waals surface area contributed by atoms with Crippen LogP contribution in [0.5, 0.6) is 0 Å². The molecule has 0 amide bonds. The van der Waals surface area contributed by atoms with Crippen LogP contribution >= 0.6 is 11.3 Å². The molecule has 7 nitrogen and oxygen atoms in total. The summed E-state index contributed by atoms with van der Waals surface area (Å²) in [4.78, 5) is 13.3. The van der Waals surface area contributed by atoms with Gasteiger partial charge in [-0.05, 0) is 11.4 Å². The molecule has 24 heavy (non-hydrogen) atoms. The summed E-state index contributed by atoms with van der Waals surface area (Å²) in [5.74, 6) is 1.61. The van der Waals surface area contributed by atoms with Gasteiger partial charge in [0.25, 0.3) is 0 Å². The van der Waals surface area contributed by atoms with E-state index in [-0.39, 0.29) is 12.1 Å². The van der Waals surface area contributed by atoms with Crippen LogP contribution in [0.1, 0.15) is 5.69 Å². The van der Waals surface area contributed by atoms with Crippen LogP contribution in [-0.2, 0) is 0 Å². The zero-order valence-corrected chi connectivity index (χ0v) is 13.6. The summed E-state index contributed by atoms with van der Waals surface area (Å²) in [6.07, 6.45) is 9.84. The normalized spacial score (nSPS) is 22.3. The van der Waals surface area contributed by atoms with E-state index in [4.69, 9.17) is 11.5 Å². The number of aliphatic imine (C=N–C) groups is 2. The molecular weight excluding hydrogens is 322 g/mol. The van der Waals surface area contributed by atoms with Crippen molar-refractivity contribution in [1.29, 1.82) is 0 Å². The third-order valence-electron chi connectivity index (χ3n) is 3.97. The van der Waals surface area contributed by atoms with Crippen LogP contribution in [-0.4, -0.2) is 39.9 Å². The zero-order chi connectivity index (χ0) is 16.5. The van der Waals surface area contributed by atoms with Gasteiger partial charge in [0.1, 0.15) is 29.5 Å². The number of nitrogens with two attached hydrogens (primary N) is 2. The van der Waals surface area contributed by atoms with Crippen LogP contribution in [0.15, 0.2) is 57.4 Å². The molecule has 0 spiro atoms. The largest absolute Gasteiger partial charge is 0.383 e. The van der Waals surface area contributed by atoms with E-state index in [9.17, 15) is 0 Å². The second-order valence-electron chi connectivity index (χ2n) is 5.54. The first-order valence-electron chi connectivity index (χ1n) is 7.56. The highest BCUT2D eigenvalue weighted by molar-refractivity contribution is 7.08. The topological polar surface area (TPSA) is 107 Å². The molecule has 3 heterocycles. The number of nitrogen functional groups attached to an aromatic ring is 1. The fourth-order valence-electron chi connectivity index (χ4n) is 2.74. The van der Waals surface area contributed by atoms with Crippen LogP contribution in [0.3, 0.4) is 0 Å². The number of aromatic nitrogens is 2. The van der Waals surface area contributed by atoms with Crippen LogP contribution in [0, 0.1) is 0 Å². The highest BCUT2D eigenvalue weighted by atomic mass is 32.1. The molecule has 2 aromatic heterocycles. The molecule has 0 bridgehead atoms. The van der Waals surface area contributed by atoms with Crippen molar-refractivity contribution in [2.45, 2.75) is 12.1 Å². The Kier molecular flexibility index (Phi) is 3.66. The van der Waals surface area contributed by atoms with Crippen molar-refractivity contribution in [3.8, 4) is 5.69 Å². The summed E-state index contributed by atoms with van der Waals surface area (Å²) in [6.45, 7) is 0.380. The maximum absolute atomic E-state index is 6.15. The van der Waals surface area contributed by atoms with Crippen molar-refractivity contribution < 1.29 is 0 Å². The van der Waals surface area contributed by atoms with Crippen molar-refractivity contribution in [1.82, 2.24) is 14.9 Å². The average molecular weight is 339 g/mol. The van der Waals surface area contributed by atoms with E-state index < -0.39 is 0 Å². The molecule has 122 valence electrons. The SMILES string of the molecule is NC(=NCC1=NC2C=CC=CC2N1)c1ncn(-c2ccsc2)c1N. The molecule has 2 atom stereocenters. The van der Waals surface area contributed by atoms with Gasteiger partial charge in [0.15, 0.2) is 0 Å². The average Bonchev–Trinajstić information content (AvgIpc) is 3.31. The number of imidazole rings is 1. The van der Waals surface area contributed by atoms with E-state index in [1.807, 2.05) is 29.0 Å². The zero-order valence-electron chi connectivity index (χ0n) is 12.8. The number of hydrogen-bond acceptors (Lipinski definition) is 6. The van der Waals surface area contributed by atoms with Gasteiger partial charge in [-0.2, -0.15) is 11.3 Å². The maximum Gasteiger partial charge on any atom is 0.148 e. The lowest BCUT2D eigenvalue weighted by atomic mass is 10.1. The lowest BCUT2D eigenvalue weighted by molar-refractivity contribution is 0.694. The first-order chi connectivity index (χ1) is 11.7. The molecule has 8 heteroatoms. The Labute approximate surface area is 143 Å². The Morgan fingerprint density at radius 1 is 1.38 bits per heavy atom. The third-order valence-corrected chi connectivity index (χ3v) is 4.65. The predicted octanol–water partition coefficient (Wildman–Crippen LogP) is 1.09. The van der Waals surface area contributed by atoms with Gasteiger partial charge in [-0.25, -0.2) is 4.98 Å². The third kappa shape index (κ3) is 2.61. The number of thiophene rings is 1. The number of allylic oxidation sites excluding steroid dienone is 2. The van der Waals surface area contributed by atoms with Gasteiger partial charge in [-0.1, -0.05) is 24.3 Å². The quantitative estimate of drug-likeness (QED) is 0.572. The summed E-state index contributed by atoms with van der Waals surface area (Å²) in [6, 6.07) is 2.33. The Morgan fingerprint density at radius 3 is 3.04 bits per heavy atom. The maximum atomic E-state index is 6.15. The molecule has 5 N–H and O–H groups in total. The number of anilines is 1. The minimum absolute atomic E-state index is 0.143. The summed E-state index contributed by atoms with van der Waals surface area (Å²) >= 11 is 1.60. The van der Waals surface area contributed by atoms with Gasteiger partial charge in [0, 0.05) is 5.38 Å². The molecule has 2 aliphatic rings. The van der Waals surface area contributed by atoms with Crippen LogP contribution in [0.4, 0.5) is 5.82 Å². The molecule has 0 fully saturated rings. The Bertz CT molecular complexity index is 857. The number of amidine groups is 2. The first kappa shape index (κ1) is 14.7. The molecule has 4 rings (SSSR count). The fourth-order valence-corrected chi connectivity index (χ4v) is 3.37. The van der Waals surface area contributed by atoms with Crippen molar-refractivity contribution in [3.63, 3.8) is 0 Å². The number of nitrogens with zero attached hydrogens (tertiary/aromatic N) is 4. The number of nitrogens with one attached hydrogen (secondary N) is 1. The van der Waals surface area contributed by atoms with E-state index >= 15 is 0 Å². The Balaban J connectivity index is 1.50. The van der Waals surface area contributed by atoms with Crippen molar-refractivity contribution in [2.75, 3.05) is 12.3 Å². The predicted molar refractivity (Wildman–Crippen MR) is 97.9 cm³/mol. The fraction of sp³-hybridized carbons (Fsp3) is 0.188. The van der Waals surface area contributed by atoms with Gasteiger partial charge in [-0.3, -0.25) is 14.6 Å². The van der Waals surface area contributed by atoms with E-state index in [0.717, 1.165) is 11.5 Å². The molecule has 0 aromatic carbocycles. The molecule has 1 aliphatic heterocycles. The molecular formula is C16H17N7S. The smallest absolute Gasteiger partial charge is 0.148 e. The number of hydrogen-bond donors (Lipinski definition) is 3. The van der Waals surface area contributed by atoms with Gasteiger partial charge in [0.2, 0.25) is 0 Å². The summed E-state index contributed by atoms with van der Waals surface area (Å²) in [5, 5.41) is 7.32. The highest BCUT2D eigenvalue weighted by Crippen LogP contribution is 2.19. The van der Waals surface area contributed by atoms with Crippen molar-refractivity contribution >= 4 is 28.8 Å². The summed E-state index contributed by atoms with van der Waals surface area (Å²) < 4.78 is 1.80. The molecule has 2 aromatic rings. The first-order valence-corrected chi connectivity index (χ1v) is 8.50. The van der Waals surface area contributed by atoms with Crippen LogP contribution in [0.25, 0.3) is 5.69 Å². The van der Waals surface area contributed by atoms with Crippen molar-refractivity contribution in [3.05, 3.63) is 53.2 Å².